The van der Waals surface area contributed by atoms with E-state index in [1.165, 1.54) is 6.07 Å². The number of nitriles is 5. The van der Waals surface area contributed by atoms with Crippen LogP contribution in [0.2, 0.25) is 0 Å². The van der Waals surface area contributed by atoms with E-state index in [1.807, 2.05) is 12.1 Å². The quantitative estimate of drug-likeness (QED) is 0.212. The molecule has 0 fully saturated rings. The number of rotatable bonds is 2. The zero-order valence-corrected chi connectivity index (χ0v) is 22.3. The number of allylic oxidation sites excluding steroid dienone is 7. The largest absolute Gasteiger partial charge is 0.394 e. The molecule has 0 amide bonds. The van der Waals surface area contributed by atoms with Gasteiger partial charge in [-0.2, -0.15) is 34.5 Å². The van der Waals surface area contributed by atoms with Gasteiger partial charge in [0.25, 0.3) is 17.3 Å². The third-order valence-electron chi connectivity index (χ3n) is 6.79. The van der Waals surface area contributed by atoms with Gasteiger partial charge in [-0.1, -0.05) is 0 Å². The van der Waals surface area contributed by atoms with Gasteiger partial charge in [0.05, 0.1) is 66.4 Å². The van der Waals surface area contributed by atoms with Gasteiger partial charge in [0, 0.05) is 28.5 Å². The Morgan fingerprint density at radius 1 is 0.674 bits per heavy atom. The molecule has 1 aromatic carbocycles. The molecular formula is C31H3F2N13. The molecule has 0 spiro atoms. The molecule has 5 rings (SSSR count). The van der Waals surface area contributed by atoms with E-state index in [0.717, 1.165) is 12.4 Å². The molecule has 15 heteroatoms. The first-order valence-corrected chi connectivity index (χ1v) is 12.0. The Hall–Kier alpha value is -8.39. The van der Waals surface area contributed by atoms with Crippen molar-refractivity contribution in [2.75, 3.05) is 0 Å². The van der Waals surface area contributed by atoms with E-state index in [9.17, 15) is 21.0 Å². The predicted octanol–water partition coefficient (Wildman–Crippen LogP) is 5.40. The fourth-order valence-corrected chi connectivity index (χ4v) is 5.13. The van der Waals surface area contributed by atoms with E-state index in [-0.39, 0.29) is 44.5 Å². The van der Waals surface area contributed by atoms with Crippen LogP contribution >= 0.6 is 0 Å². The minimum absolute atomic E-state index is 0.146. The Morgan fingerprint density at radius 2 is 1.26 bits per heavy atom. The number of halogens is 2. The summed E-state index contributed by atoms with van der Waals surface area (Å²) < 4.78 is 30.6. The maximum Gasteiger partial charge on any atom is 0.374 e. The van der Waals surface area contributed by atoms with Crippen molar-refractivity contribution in [1.82, 2.24) is 19.9 Å². The summed E-state index contributed by atoms with van der Waals surface area (Å²) in [4.78, 5) is 27.3. The molecular weight excluding hydrogens is 592 g/mol. The van der Waals surface area contributed by atoms with E-state index in [4.69, 9.17) is 31.6 Å². The van der Waals surface area contributed by atoms with Crippen LogP contribution in [0, 0.1) is 94.8 Å². The minimum atomic E-state index is -1.28. The monoisotopic (exact) mass is 595 g/mol. The van der Waals surface area contributed by atoms with E-state index < -0.39 is 63.0 Å². The van der Waals surface area contributed by atoms with Crippen LogP contribution in [-0.4, -0.2) is 19.9 Å². The second-order valence-electron chi connectivity index (χ2n) is 8.80. The van der Waals surface area contributed by atoms with Gasteiger partial charge < -0.3 is 4.85 Å². The normalized spacial score (nSPS) is 14.5. The first-order valence-electron chi connectivity index (χ1n) is 12.0. The Morgan fingerprint density at radius 3 is 1.76 bits per heavy atom. The molecule has 0 saturated heterocycles. The van der Waals surface area contributed by atoms with Gasteiger partial charge >= 0.3 is 5.95 Å². The molecule has 0 bridgehead atoms. The molecule has 13 nitrogen and oxygen atoms in total. The highest BCUT2D eigenvalue weighted by Crippen LogP contribution is 2.56. The summed E-state index contributed by atoms with van der Waals surface area (Å²) >= 11 is 0. The summed E-state index contributed by atoms with van der Waals surface area (Å²) in [6.45, 7) is 30.3. The highest BCUT2D eigenvalue weighted by molar-refractivity contribution is 6.30. The molecule has 0 radical (unpaired) electrons. The molecule has 2 aromatic heterocycles. The zero-order chi connectivity index (χ0) is 33.3. The Bertz CT molecular complexity index is 2340. The van der Waals surface area contributed by atoms with E-state index in [2.05, 4.69) is 39.3 Å². The number of hydrogen-bond donors (Lipinski definition) is 0. The maximum atomic E-state index is 15.3. The van der Waals surface area contributed by atoms with Gasteiger partial charge in [-0.05, 0) is 28.3 Å². The van der Waals surface area contributed by atoms with Gasteiger partial charge in [0.1, 0.15) is 12.1 Å². The lowest BCUT2D eigenvalue weighted by Crippen LogP contribution is -2.01. The van der Waals surface area contributed by atoms with E-state index in [0.29, 0.717) is 0 Å². The molecule has 206 valence electrons. The molecule has 3 aromatic rings. The predicted molar refractivity (Wildman–Crippen MR) is 150 cm³/mol. The zero-order valence-electron chi connectivity index (χ0n) is 22.3. The van der Waals surface area contributed by atoms with Crippen molar-refractivity contribution in [2.45, 2.75) is 0 Å². The summed E-state index contributed by atoms with van der Waals surface area (Å²) in [6.07, 6.45) is 1.75. The highest BCUT2D eigenvalue weighted by atomic mass is 19.1. The fourth-order valence-electron chi connectivity index (χ4n) is 5.13. The second-order valence-corrected chi connectivity index (χ2v) is 8.80. The summed E-state index contributed by atoms with van der Waals surface area (Å²) in [7, 11) is 0. The Balaban J connectivity index is 2.04. The summed E-state index contributed by atoms with van der Waals surface area (Å²) in [5.74, 6) is -3.67. The molecule has 0 aliphatic heterocycles. The van der Waals surface area contributed by atoms with Crippen LogP contribution in [0.15, 0.2) is 29.9 Å². The lowest BCUT2D eigenvalue weighted by Gasteiger charge is -2.14. The van der Waals surface area contributed by atoms with Crippen molar-refractivity contribution < 1.29 is 8.78 Å². The molecule has 2 aliphatic carbocycles. The van der Waals surface area contributed by atoms with Crippen LogP contribution in [0.1, 0.15) is 44.8 Å². The third-order valence-corrected chi connectivity index (χ3v) is 6.79. The van der Waals surface area contributed by atoms with Crippen molar-refractivity contribution in [1.29, 1.82) is 26.3 Å². The van der Waals surface area contributed by atoms with Gasteiger partial charge in [-0.15, -0.1) is 11.6 Å². The van der Waals surface area contributed by atoms with Crippen LogP contribution < -0.4 is 0 Å². The maximum absolute atomic E-state index is 15.3. The van der Waals surface area contributed by atoms with Gasteiger partial charge in [-0.25, -0.2) is 30.0 Å². The van der Waals surface area contributed by atoms with E-state index >= 15 is 8.78 Å². The van der Waals surface area contributed by atoms with Crippen molar-refractivity contribution in [2.24, 2.45) is 0 Å². The standard InChI is InChI=1S/C31H3F2N13/c1-39-19(8-36)25-13-5-14-24(16(7-35)22(13)15(6-34)23(25)17-11-43-21(10-38)45-29(17)32)28(41-3)27(26(14)20(9-37)40-2)18-12-44-31(42-4)46-30(18)33/h5,11-12H/b25-19+,26-20-. The minimum Gasteiger partial charge on any atom is -0.394 e. The Labute approximate surface area is 257 Å². The van der Waals surface area contributed by atoms with Crippen LogP contribution in [0.25, 0.3) is 52.9 Å². The number of fused-ring (bicyclic) bond motifs is 2. The number of nitrogens with zero attached hydrogens (tertiary/aromatic N) is 13. The topological polar surface area (TPSA) is 188 Å². The average molecular weight is 595 g/mol. The summed E-state index contributed by atoms with van der Waals surface area (Å²) in [6, 6.07) is 9.88. The lowest BCUT2D eigenvalue weighted by molar-refractivity contribution is 0.573. The van der Waals surface area contributed by atoms with Crippen LogP contribution in [-0.2, 0) is 0 Å². The van der Waals surface area contributed by atoms with Crippen LogP contribution in [0.4, 0.5) is 14.7 Å². The second kappa shape index (κ2) is 11.1. The molecule has 2 aliphatic rings. The summed E-state index contributed by atoms with van der Waals surface area (Å²) in [5.41, 5.74) is -5.64. The highest BCUT2D eigenvalue weighted by Gasteiger charge is 2.41. The van der Waals surface area contributed by atoms with Crippen LogP contribution in [0.5, 0.6) is 0 Å². The number of benzene rings is 1. The van der Waals surface area contributed by atoms with Crippen molar-refractivity contribution in [3.63, 3.8) is 0 Å². The SMILES string of the molecule is [C-]#[N+]C1=C(c2cnc([N+]#[C-])nc2F)/C(=C(/C#N)[N+]#[C-])c2cc3c(c(C#N)c21)C(C#N)=C(c1cnc(C#N)nc1F)/C3=C(\C#N)[N+]#[C-]. The molecule has 0 saturated carbocycles. The fraction of sp³-hybridized carbons (Fsp3) is 0. The molecule has 2 heterocycles. The van der Waals surface area contributed by atoms with Gasteiger partial charge in [-0.3, -0.25) is 0 Å². The average Bonchev–Trinajstić information content (AvgIpc) is 3.57. The molecule has 0 unspecified atom stereocenters. The van der Waals surface area contributed by atoms with Crippen LogP contribution in [0.3, 0.4) is 0 Å². The van der Waals surface area contributed by atoms with Crippen molar-refractivity contribution >= 4 is 39.5 Å². The van der Waals surface area contributed by atoms with Gasteiger partial charge in [0.2, 0.25) is 17.5 Å². The third kappa shape index (κ3) is 3.97. The van der Waals surface area contributed by atoms with Gasteiger partial charge in [0.15, 0.2) is 0 Å². The molecule has 46 heavy (non-hydrogen) atoms. The Kier molecular flexibility index (Phi) is 7.04. The number of aromatic nitrogens is 4. The summed E-state index contributed by atoms with van der Waals surface area (Å²) in [5, 5.41) is 49.7. The first kappa shape index (κ1) is 29.1. The number of hydrogen-bond acceptors (Lipinski definition) is 9. The lowest BCUT2D eigenvalue weighted by atomic mass is 9.88. The molecule has 0 atom stereocenters. The molecule has 0 N–H and O–H groups in total. The van der Waals surface area contributed by atoms with Crippen molar-refractivity contribution in [3.8, 4) is 30.3 Å². The van der Waals surface area contributed by atoms with Crippen molar-refractivity contribution in [3.05, 3.63) is 132 Å². The smallest absolute Gasteiger partial charge is 0.374 e. The first-order chi connectivity index (χ1) is 22.3. The van der Waals surface area contributed by atoms with E-state index in [1.54, 1.807) is 18.2 Å².